The molecule has 3 heteroatoms. The number of Topliss-reactive ketones (excluding diaryl/α,β-unsaturated/α-hetero) is 1. The van der Waals surface area contributed by atoms with Crippen molar-refractivity contribution in [3.05, 3.63) is 24.0 Å². The van der Waals surface area contributed by atoms with Gasteiger partial charge in [-0.15, -0.1) is 0 Å². The van der Waals surface area contributed by atoms with Crippen molar-refractivity contribution >= 4 is 5.78 Å². The van der Waals surface area contributed by atoms with Crippen LogP contribution in [0.2, 0.25) is 0 Å². The number of hydrogen-bond donors (Lipinski definition) is 0. The first-order chi connectivity index (χ1) is 7.15. The Kier molecular flexibility index (Phi) is 2.47. The van der Waals surface area contributed by atoms with Crippen LogP contribution in [0.25, 0.3) is 0 Å². The highest BCUT2D eigenvalue weighted by Gasteiger charge is 2.45. The number of hydrogen-bond acceptors (Lipinski definition) is 3. The van der Waals surface area contributed by atoms with Gasteiger partial charge in [-0.2, -0.15) is 0 Å². The van der Waals surface area contributed by atoms with E-state index in [1.807, 2.05) is 13.8 Å². The molecule has 0 aromatic carbocycles. The van der Waals surface area contributed by atoms with Gasteiger partial charge in [0.1, 0.15) is 5.75 Å². The molecule has 1 saturated carbocycles. The molecule has 1 aliphatic carbocycles. The molecule has 80 valence electrons. The van der Waals surface area contributed by atoms with E-state index in [1.54, 1.807) is 18.5 Å². The Morgan fingerprint density at radius 3 is 2.87 bits per heavy atom. The zero-order chi connectivity index (χ0) is 10.9. The minimum atomic E-state index is -0.132. The number of ether oxygens (including phenoxy) is 1. The fourth-order valence-electron chi connectivity index (χ4n) is 1.55. The molecule has 0 atom stereocenters. The third-order valence-corrected chi connectivity index (χ3v) is 2.83. The molecule has 1 aromatic heterocycles. The summed E-state index contributed by atoms with van der Waals surface area (Å²) in [6, 6.07) is 1.78. The smallest absolute Gasteiger partial charge is 0.170 e. The van der Waals surface area contributed by atoms with Gasteiger partial charge in [0.15, 0.2) is 5.78 Å². The van der Waals surface area contributed by atoms with Crippen LogP contribution in [-0.2, 0) is 0 Å². The molecule has 15 heavy (non-hydrogen) atoms. The van der Waals surface area contributed by atoms with Crippen LogP contribution in [0.1, 0.15) is 37.0 Å². The fourth-order valence-corrected chi connectivity index (χ4v) is 1.55. The maximum Gasteiger partial charge on any atom is 0.170 e. The molecule has 1 heterocycles. The van der Waals surface area contributed by atoms with Crippen molar-refractivity contribution in [3.63, 3.8) is 0 Å². The van der Waals surface area contributed by atoms with Crippen LogP contribution in [0.15, 0.2) is 18.5 Å². The average molecular weight is 205 g/mol. The van der Waals surface area contributed by atoms with Crippen molar-refractivity contribution in [1.29, 1.82) is 0 Å². The molecular weight excluding hydrogens is 190 g/mol. The van der Waals surface area contributed by atoms with Crippen LogP contribution in [0.3, 0.4) is 0 Å². The van der Waals surface area contributed by atoms with E-state index in [2.05, 4.69) is 4.98 Å². The van der Waals surface area contributed by atoms with E-state index in [1.165, 1.54) is 0 Å². The topological polar surface area (TPSA) is 39.2 Å². The summed E-state index contributed by atoms with van der Waals surface area (Å²) in [5.41, 5.74) is 0.535. The van der Waals surface area contributed by atoms with Crippen LogP contribution < -0.4 is 4.74 Å². The standard InChI is InChI=1S/C12H15NO2/c1-3-15-10-6-9(7-13-8-10)11(14)12(2)4-5-12/h6-8H,3-5H2,1-2H3. The molecule has 2 rings (SSSR count). The molecular formula is C12H15NO2. The van der Waals surface area contributed by atoms with Crippen LogP contribution in [-0.4, -0.2) is 17.4 Å². The number of aromatic nitrogens is 1. The van der Waals surface area contributed by atoms with Crippen molar-refractivity contribution in [1.82, 2.24) is 4.98 Å². The molecule has 0 spiro atoms. The van der Waals surface area contributed by atoms with Gasteiger partial charge in [0.25, 0.3) is 0 Å². The quantitative estimate of drug-likeness (QED) is 0.709. The summed E-state index contributed by atoms with van der Waals surface area (Å²) in [7, 11) is 0. The second-order valence-corrected chi connectivity index (χ2v) is 4.23. The predicted octanol–water partition coefficient (Wildman–Crippen LogP) is 2.46. The summed E-state index contributed by atoms with van der Waals surface area (Å²) in [6.45, 7) is 4.51. The zero-order valence-corrected chi connectivity index (χ0v) is 9.12. The summed E-state index contributed by atoms with van der Waals surface area (Å²) in [5, 5.41) is 0. The maximum atomic E-state index is 12.0. The minimum Gasteiger partial charge on any atom is -0.492 e. The lowest BCUT2D eigenvalue weighted by atomic mass is 9.98. The molecule has 0 amide bonds. The number of pyridine rings is 1. The van der Waals surface area contributed by atoms with Gasteiger partial charge >= 0.3 is 0 Å². The summed E-state index contributed by atoms with van der Waals surface area (Å²) in [6.07, 6.45) is 5.24. The SMILES string of the molecule is CCOc1cncc(C(=O)C2(C)CC2)c1. The lowest BCUT2D eigenvalue weighted by Gasteiger charge is -2.08. The zero-order valence-electron chi connectivity index (χ0n) is 9.12. The summed E-state index contributed by atoms with van der Waals surface area (Å²) < 4.78 is 5.32. The minimum absolute atomic E-state index is 0.132. The van der Waals surface area contributed by atoms with Crippen molar-refractivity contribution in [2.24, 2.45) is 5.41 Å². The normalized spacial score (nSPS) is 17.2. The molecule has 0 radical (unpaired) electrons. The van der Waals surface area contributed by atoms with Crippen LogP contribution in [0.4, 0.5) is 0 Å². The summed E-state index contributed by atoms with van der Waals surface area (Å²) in [5.74, 6) is 0.865. The second-order valence-electron chi connectivity index (χ2n) is 4.23. The Bertz CT molecular complexity index is 383. The van der Waals surface area contributed by atoms with E-state index in [9.17, 15) is 4.79 Å². The highest BCUT2D eigenvalue weighted by molar-refractivity contribution is 6.01. The molecule has 1 fully saturated rings. The molecule has 0 bridgehead atoms. The van der Waals surface area contributed by atoms with Gasteiger partial charge in [0.05, 0.1) is 12.8 Å². The Labute approximate surface area is 89.5 Å². The molecule has 1 aliphatic rings. The number of ketones is 1. The number of carbonyl (C=O) groups excluding carboxylic acids is 1. The van der Waals surface area contributed by atoms with Gasteiger partial charge < -0.3 is 4.74 Å². The lowest BCUT2D eigenvalue weighted by Crippen LogP contribution is -2.12. The second kappa shape index (κ2) is 3.65. The molecule has 0 unspecified atom stereocenters. The number of nitrogens with zero attached hydrogens (tertiary/aromatic N) is 1. The van der Waals surface area contributed by atoms with Gasteiger partial charge in [-0.3, -0.25) is 9.78 Å². The van der Waals surface area contributed by atoms with Gasteiger partial charge in [0.2, 0.25) is 0 Å². The van der Waals surface area contributed by atoms with E-state index in [4.69, 9.17) is 4.74 Å². The van der Waals surface area contributed by atoms with Crippen molar-refractivity contribution in [2.75, 3.05) is 6.61 Å². The molecule has 3 nitrogen and oxygen atoms in total. The third-order valence-electron chi connectivity index (χ3n) is 2.83. The fraction of sp³-hybridized carbons (Fsp3) is 0.500. The first-order valence-electron chi connectivity index (χ1n) is 5.28. The maximum absolute atomic E-state index is 12.0. The van der Waals surface area contributed by atoms with E-state index in [0.29, 0.717) is 17.9 Å². The third kappa shape index (κ3) is 2.01. The predicted molar refractivity (Wildman–Crippen MR) is 57.1 cm³/mol. The van der Waals surface area contributed by atoms with E-state index in [0.717, 1.165) is 12.8 Å². The Morgan fingerprint density at radius 1 is 1.53 bits per heavy atom. The van der Waals surface area contributed by atoms with Crippen LogP contribution in [0, 0.1) is 5.41 Å². The highest BCUT2D eigenvalue weighted by Crippen LogP contribution is 2.47. The van der Waals surface area contributed by atoms with Gasteiger partial charge in [-0.25, -0.2) is 0 Å². The molecule has 1 aromatic rings. The molecule has 0 aliphatic heterocycles. The van der Waals surface area contributed by atoms with Crippen molar-refractivity contribution in [3.8, 4) is 5.75 Å². The first-order valence-corrected chi connectivity index (χ1v) is 5.28. The number of rotatable bonds is 4. The Morgan fingerprint density at radius 2 is 2.27 bits per heavy atom. The average Bonchev–Trinajstić information content (AvgIpc) is 2.98. The van der Waals surface area contributed by atoms with Crippen molar-refractivity contribution in [2.45, 2.75) is 26.7 Å². The monoisotopic (exact) mass is 205 g/mol. The van der Waals surface area contributed by atoms with Gasteiger partial charge in [-0.05, 0) is 25.8 Å². The van der Waals surface area contributed by atoms with Gasteiger partial charge in [-0.1, -0.05) is 6.92 Å². The molecule has 0 N–H and O–H groups in total. The molecule has 0 saturated heterocycles. The van der Waals surface area contributed by atoms with E-state index >= 15 is 0 Å². The summed E-state index contributed by atoms with van der Waals surface area (Å²) >= 11 is 0. The highest BCUT2D eigenvalue weighted by atomic mass is 16.5. The van der Waals surface area contributed by atoms with Crippen molar-refractivity contribution < 1.29 is 9.53 Å². The van der Waals surface area contributed by atoms with Gasteiger partial charge in [0, 0.05) is 17.2 Å². The van der Waals surface area contributed by atoms with Crippen LogP contribution in [0.5, 0.6) is 5.75 Å². The Balaban J connectivity index is 2.21. The lowest BCUT2D eigenvalue weighted by molar-refractivity contribution is 0.0911. The first kappa shape index (κ1) is 10.1. The largest absolute Gasteiger partial charge is 0.492 e. The Hall–Kier alpha value is -1.38. The van der Waals surface area contributed by atoms with Crippen LogP contribution >= 0.6 is 0 Å². The van der Waals surface area contributed by atoms with E-state index < -0.39 is 0 Å². The number of carbonyl (C=O) groups is 1. The summed E-state index contributed by atoms with van der Waals surface area (Å²) in [4.78, 5) is 16.0. The van der Waals surface area contributed by atoms with E-state index in [-0.39, 0.29) is 11.2 Å².